The lowest BCUT2D eigenvalue weighted by Gasteiger charge is -2.23. The summed E-state index contributed by atoms with van der Waals surface area (Å²) in [7, 11) is 1.61. The van der Waals surface area contributed by atoms with Crippen LogP contribution in [0, 0.1) is 5.82 Å². The van der Waals surface area contributed by atoms with Crippen molar-refractivity contribution in [3.05, 3.63) is 88.6 Å². The van der Waals surface area contributed by atoms with Gasteiger partial charge in [-0.2, -0.15) is 5.10 Å². The van der Waals surface area contributed by atoms with Crippen LogP contribution in [0.1, 0.15) is 65.0 Å². The highest BCUT2D eigenvalue weighted by molar-refractivity contribution is 5.99. The standard InChI is InChI=1S/C27H26FN3O2/c1-16(2)17-4-6-18(7-5-17)20-12-23-22(25(32)13-20)14-31-27(29-23)26(24(30-31)15-33-3)19-8-10-21(28)11-9-19/h4-11,14,16,20H,12-13,15H2,1-3H3. The van der Waals surface area contributed by atoms with Crippen LogP contribution in [0.4, 0.5) is 4.39 Å². The minimum atomic E-state index is -0.300. The van der Waals surface area contributed by atoms with Crippen LogP contribution < -0.4 is 0 Å². The predicted molar refractivity (Wildman–Crippen MR) is 125 cm³/mol. The summed E-state index contributed by atoms with van der Waals surface area (Å²) >= 11 is 0. The first-order valence-corrected chi connectivity index (χ1v) is 11.2. The number of rotatable bonds is 5. The van der Waals surface area contributed by atoms with Crippen LogP contribution in [0.3, 0.4) is 0 Å². The minimum Gasteiger partial charge on any atom is -0.378 e. The quantitative estimate of drug-likeness (QED) is 0.396. The van der Waals surface area contributed by atoms with Crippen molar-refractivity contribution in [1.82, 2.24) is 14.6 Å². The Morgan fingerprint density at radius 2 is 1.82 bits per heavy atom. The molecule has 1 atom stereocenters. The molecule has 5 rings (SSSR count). The van der Waals surface area contributed by atoms with Gasteiger partial charge >= 0.3 is 0 Å². The molecule has 0 saturated heterocycles. The lowest BCUT2D eigenvalue weighted by molar-refractivity contribution is 0.0962. The molecule has 1 aliphatic carbocycles. The van der Waals surface area contributed by atoms with Crippen molar-refractivity contribution in [3.63, 3.8) is 0 Å². The van der Waals surface area contributed by atoms with E-state index in [1.807, 2.05) is 0 Å². The summed E-state index contributed by atoms with van der Waals surface area (Å²) in [6, 6.07) is 14.9. The molecule has 0 fully saturated rings. The number of ketones is 1. The summed E-state index contributed by atoms with van der Waals surface area (Å²) in [5.41, 5.74) is 6.81. The molecule has 2 aromatic heterocycles. The molecule has 168 valence electrons. The number of halogens is 1. The molecule has 2 heterocycles. The summed E-state index contributed by atoms with van der Waals surface area (Å²) in [6.45, 7) is 4.64. The van der Waals surface area contributed by atoms with Gasteiger partial charge in [0.2, 0.25) is 0 Å². The van der Waals surface area contributed by atoms with Gasteiger partial charge in [0.05, 0.1) is 29.1 Å². The lowest BCUT2D eigenvalue weighted by Crippen LogP contribution is -2.21. The van der Waals surface area contributed by atoms with Gasteiger partial charge in [0.25, 0.3) is 0 Å². The van der Waals surface area contributed by atoms with E-state index in [0.717, 1.165) is 22.4 Å². The van der Waals surface area contributed by atoms with Gasteiger partial charge in [0.1, 0.15) is 5.82 Å². The third-order valence-electron chi connectivity index (χ3n) is 6.42. The summed E-state index contributed by atoms with van der Waals surface area (Å²) < 4.78 is 20.5. The fourth-order valence-corrected chi connectivity index (χ4v) is 4.62. The molecule has 0 amide bonds. The topological polar surface area (TPSA) is 56.5 Å². The molecule has 6 heteroatoms. The first-order valence-electron chi connectivity index (χ1n) is 11.2. The predicted octanol–water partition coefficient (Wildman–Crippen LogP) is 5.72. The molecule has 0 N–H and O–H groups in total. The number of fused-ring (bicyclic) bond motifs is 2. The largest absolute Gasteiger partial charge is 0.378 e. The summed E-state index contributed by atoms with van der Waals surface area (Å²) in [4.78, 5) is 18.0. The van der Waals surface area contributed by atoms with Crippen LogP contribution in [0.2, 0.25) is 0 Å². The molecule has 0 radical (unpaired) electrons. The molecule has 0 saturated carbocycles. The maximum absolute atomic E-state index is 13.5. The van der Waals surface area contributed by atoms with Crippen molar-refractivity contribution in [3.8, 4) is 11.1 Å². The summed E-state index contributed by atoms with van der Waals surface area (Å²) in [5.74, 6) is 0.342. The molecule has 1 aliphatic rings. The summed E-state index contributed by atoms with van der Waals surface area (Å²) in [6.07, 6.45) is 2.93. The number of Topliss-reactive ketones (excluding diaryl/α,β-unsaturated/α-hetero) is 1. The lowest BCUT2D eigenvalue weighted by atomic mass is 9.81. The Bertz CT molecular complexity index is 1320. The molecule has 0 aliphatic heterocycles. The van der Waals surface area contributed by atoms with Crippen molar-refractivity contribution in [2.24, 2.45) is 0 Å². The van der Waals surface area contributed by atoms with Gasteiger partial charge < -0.3 is 4.74 Å². The van der Waals surface area contributed by atoms with E-state index < -0.39 is 0 Å². The molecular weight excluding hydrogens is 417 g/mol. The fraction of sp³-hybridized carbons (Fsp3) is 0.296. The number of carbonyl (C=O) groups excluding carboxylic acids is 1. The first-order chi connectivity index (χ1) is 15.9. The monoisotopic (exact) mass is 443 g/mol. The van der Waals surface area contributed by atoms with Crippen molar-refractivity contribution in [2.75, 3.05) is 7.11 Å². The molecule has 0 spiro atoms. The number of ether oxygens (including phenoxy) is 1. The number of benzene rings is 2. The van der Waals surface area contributed by atoms with Crippen LogP contribution in [0.5, 0.6) is 0 Å². The SMILES string of the molecule is COCc1nn2cc3c(nc2c1-c1ccc(F)cc1)CC(c1ccc(C(C)C)cc1)CC3=O. The van der Waals surface area contributed by atoms with Gasteiger partial charge in [-0.05, 0) is 47.1 Å². The van der Waals surface area contributed by atoms with E-state index in [1.54, 1.807) is 30.0 Å². The number of aromatic nitrogens is 3. The normalized spacial score (nSPS) is 15.9. The third-order valence-corrected chi connectivity index (χ3v) is 6.42. The fourth-order valence-electron chi connectivity index (χ4n) is 4.62. The van der Waals surface area contributed by atoms with Gasteiger partial charge in [-0.25, -0.2) is 13.9 Å². The van der Waals surface area contributed by atoms with Gasteiger partial charge in [-0.15, -0.1) is 0 Å². The smallest absolute Gasteiger partial charge is 0.166 e. The van der Waals surface area contributed by atoms with E-state index >= 15 is 0 Å². The van der Waals surface area contributed by atoms with Gasteiger partial charge in [-0.3, -0.25) is 4.79 Å². The summed E-state index contributed by atoms with van der Waals surface area (Å²) in [5, 5.41) is 4.63. The van der Waals surface area contributed by atoms with Crippen LogP contribution in [0.25, 0.3) is 16.8 Å². The second kappa shape index (κ2) is 8.52. The first kappa shape index (κ1) is 21.5. The Hall–Kier alpha value is -3.38. The highest BCUT2D eigenvalue weighted by Crippen LogP contribution is 2.35. The van der Waals surface area contributed by atoms with E-state index in [-0.39, 0.29) is 17.5 Å². The Kier molecular flexibility index (Phi) is 5.54. The van der Waals surface area contributed by atoms with Crippen molar-refractivity contribution in [1.29, 1.82) is 0 Å². The average molecular weight is 444 g/mol. The van der Waals surface area contributed by atoms with Crippen molar-refractivity contribution in [2.45, 2.75) is 45.1 Å². The van der Waals surface area contributed by atoms with E-state index in [4.69, 9.17) is 9.72 Å². The number of nitrogens with zero attached hydrogens (tertiary/aromatic N) is 3. The Morgan fingerprint density at radius 3 is 2.48 bits per heavy atom. The van der Waals surface area contributed by atoms with E-state index in [1.165, 1.54) is 17.7 Å². The zero-order valence-electron chi connectivity index (χ0n) is 19.0. The van der Waals surface area contributed by atoms with E-state index in [9.17, 15) is 9.18 Å². The third kappa shape index (κ3) is 3.95. The van der Waals surface area contributed by atoms with Crippen LogP contribution >= 0.6 is 0 Å². The molecule has 2 aromatic carbocycles. The zero-order chi connectivity index (χ0) is 23.1. The number of hydrogen-bond donors (Lipinski definition) is 0. The number of methoxy groups -OCH3 is 1. The number of hydrogen-bond acceptors (Lipinski definition) is 4. The van der Waals surface area contributed by atoms with Crippen LogP contribution in [0.15, 0.2) is 54.7 Å². The molecule has 1 unspecified atom stereocenters. The maximum Gasteiger partial charge on any atom is 0.166 e. The Morgan fingerprint density at radius 1 is 1.09 bits per heavy atom. The highest BCUT2D eigenvalue weighted by atomic mass is 19.1. The van der Waals surface area contributed by atoms with Crippen molar-refractivity contribution < 1.29 is 13.9 Å². The van der Waals surface area contributed by atoms with Gasteiger partial charge in [0, 0.05) is 19.7 Å². The second-order valence-corrected chi connectivity index (χ2v) is 8.98. The minimum absolute atomic E-state index is 0.0794. The van der Waals surface area contributed by atoms with Gasteiger partial charge in [0.15, 0.2) is 11.4 Å². The second-order valence-electron chi connectivity index (χ2n) is 8.98. The zero-order valence-corrected chi connectivity index (χ0v) is 19.0. The molecular formula is C27H26FN3O2. The van der Waals surface area contributed by atoms with Crippen LogP contribution in [-0.4, -0.2) is 27.5 Å². The molecule has 33 heavy (non-hydrogen) atoms. The average Bonchev–Trinajstić information content (AvgIpc) is 3.15. The van der Waals surface area contributed by atoms with Crippen molar-refractivity contribution >= 4 is 11.4 Å². The Labute approximate surface area is 192 Å². The molecule has 5 nitrogen and oxygen atoms in total. The number of carbonyl (C=O) groups is 1. The highest BCUT2D eigenvalue weighted by Gasteiger charge is 2.29. The maximum atomic E-state index is 13.5. The van der Waals surface area contributed by atoms with Crippen LogP contribution in [-0.2, 0) is 17.8 Å². The molecule has 0 bridgehead atoms. The van der Waals surface area contributed by atoms with E-state index in [0.29, 0.717) is 42.3 Å². The van der Waals surface area contributed by atoms with Gasteiger partial charge in [-0.1, -0.05) is 50.2 Å². The van der Waals surface area contributed by atoms with E-state index in [2.05, 4.69) is 43.2 Å². The molecule has 4 aromatic rings. The Balaban J connectivity index is 1.59.